The fourth-order valence-corrected chi connectivity index (χ4v) is 6.14. The summed E-state index contributed by atoms with van der Waals surface area (Å²) in [6, 6.07) is 2.48. The van der Waals surface area contributed by atoms with Gasteiger partial charge in [-0.1, -0.05) is 25.5 Å². The van der Waals surface area contributed by atoms with Crippen LogP contribution in [0.3, 0.4) is 0 Å². The van der Waals surface area contributed by atoms with E-state index in [1.54, 1.807) is 11.3 Å². The number of aromatic nitrogens is 3. The van der Waals surface area contributed by atoms with E-state index in [-0.39, 0.29) is 0 Å². The number of nitrogens with one attached hydrogen (secondary N) is 1. The monoisotopic (exact) mass is 437 g/mol. The molecule has 0 aromatic carbocycles. The van der Waals surface area contributed by atoms with Crippen molar-refractivity contribution in [2.24, 2.45) is 5.73 Å². The molecular weight excluding hydrogens is 406 g/mol. The smallest absolute Gasteiger partial charge is 0.257 e. The molecule has 31 heavy (non-hydrogen) atoms. The Morgan fingerprint density at radius 2 is 2.00 bits per heavy atom. The summed E-state index contributed by atoms with van der Waals surface area (Å²) >= 11 is 1.74. The molecule has 0 amide bonds. The second-order valence-electron chi connectivity index (χ2n) is 9.47. The highest BCUT2D eigenvalue weighted by atomic mass is 32.1. The Hall–Kier alpha value is -2.38. The first-order valence-corrected chi connectivity index (χ1v) is 12.0. The van der Waals surface area contributed by atoms with Crippen LogP contribution < -0.4 is 5.73 Å². The first-order valence-electron chi connectivity index (χ1n) is 11.2. The fourth-order valence-electron chi connectivity index (χ4n) is 4.91. The predicted octanol–water partition coefficient (Wildman–Crippen LogP) is 5.62. The minimum absolute atomic E-state index is 0.318. The molecule has 1 saturated carbocycles. The summed E-state index contributed by atoms with van der Waals surface area (Å²) in [6.07, 6.45) is 8.66. The number of H-pyrrole nitrogens is 1. The fraction of sp³-hybridized carbons (Fsp3) is 0.500. The van der Waals surface area contributed by atoms with Gasteiger partial charge in [0.25, 0.3) is 5.89 Å². The molecule has 6 nitrogen and oxygen atoms in total. The molecule has 1 fully saturated rings. The predicted molar refractivity (Wildman–Crippen MR) is 127 cm³/mol. The van der Waals surface area contributed by atoms with Crippen molar-refractivity contribution in [3.8, 4) is 10.8 Å². The molecule has 3 aromatic rings. The van der Waals surface area contributed by atoms with Crippen LogP contribution in [-0.4, -0.2) is 39.7 Å². The summed E-state index contributed by atoms with van der Waals surface area (Å²) in [5.74, 6) is 2.14. The van der Waals surface area contributed by atoms with E-state index in [0.717, 1.165) is 48.5 Å². The lowest BCUT2D eigenvalue weighted by molar-refractivity contribution is 0.341. The highest BCUT2D eigenvalue weighted by Crippen LogP contribution is 2.42. The SMILES string of the molecule is CC1=CC(c2[nH]c3cc(-c4nnc(C5CCC(N)CC5)o4)sc3c2C(C)C)=CN(C)C1. The molecule has 0 spiro atoms. The van der Waals surface area contributed by atoms with Gasteiger partial charge in [-0.25, -0.2) is 0 Å². The quantitative estimate of drug-likeness (QED) is 0.553. The minimum atomic E-state index is 0.318. The number of fused-ring (bicyclic) bond motifs is 1. The number of rotatable bonds is 4. The van der Waals surface area contributed by atoms with Crippen LogP contribution in [0, 0.1) is 0 Å². The van der Waals surface area contributed by atoms with Gasteiger partial charge in [0.05, 0.1) is 20.8 Å². The Kier molecular flexibility index (Phi) is 5.26. The molecule has 0 radical (unpaired) electrons. The molecule has 0 unspecified atom stereocenters. The maximum absolute atomic E-state index is 6.12. The van der Waals surface area contributed by atoms with Gasteiger partial charge < -0.3 is 20.0 Å². The number of likely N-dealkylation sites (N-methyl/N-ethyl adjacent to an activating group) is 1. The Bertz CT molecular complexity index is 1160. The lowest BCUT2D eigenvalue weighted by Crippen LogP contribution is -2.25. The third-order valence-corrected chi connectivity index (χ3v) is 7.56. The van der Waals surface area contributed by atoms with Crippen molar-refractivity contribution in [1.29, 1.82) is 0 Å². The van der Waals surface area contributed by atoms with E-state index in [9.17, 15) is 0 Å². The standard InChI is InChI=1S/C24H31N5OS/c1-13(2)20-21(16-9-14(3)11-29(4)12-16)26-18-10-19(31-22(18)20)24-28-27-23(30-24)15-5-7-17(25)8-6-15/h9-10,12-13,15,17,26H,5-8,11,25H2,1-4H3. The summed E-state index contributed by atoms with van der Waals surface area (Å²) in [5.41, 5.74) is 12.4. The van der Waals surface area contributed by atoms with Crippen molar-refractivity contribution < 1.29 is 4.42 Å². The lowest BCUT2D eigenvalue weighted by atomic mass is 9.86. The third-order valence-electron chi connectivity index (χ3n) is 6.40. The molecule has 1 aliphatic carbocycles. The van der Waals surface area contributed by atoms with Crippen molar-refractivity contribution in [3.63, 3.8) is 0 Å². The van der Waals surface area contributed by atoms with Gasteiger partial charge in [0.15, 0.2) is 0 Å². The van der Waals surface area contributed by atoms with E-state index in [2.05, 4.69) is 66.2 Å². The van der Waals surface area contributed by atoms with E-state index >= 15 is 0 Å². The van der Waals surface area contributed by atoms with Crippen molar-refractivity contribution in [2.75, 3.05) is 13.6 Å². The third kappa shape index (κ3) is 3.85. The molecule has 0 bridgehead atoms. The van der Waals surface area contributed by atoms with Crippen LogP contribution >= 0.6 is 11.3 Å². The molecule has 7 heteroatoms. The summed E-state index contributed by atoms with van der Waals surface area (Å²) in [6.45, 7) is 7.68. The molecular formula is C24H31N5OS. The van der Waals surface area contributed by atoms with Crippen LogP contribution in [0.15, 0.2) is 28.3 Å². The summed E-state index contributed by atoms with van der Waals surface area (Å²) < 4.78 is 7.41. The molecule has 164 valence electrons. The highest BCUT2D eigenvalue weighted by molar-refractivity contribution is 7.22. The maximum atomic E-state index is 6.12. The normalized spacial score (nSPS) is 22.3. The number of hydrogen-bond donors (Lipinski definition) is 2. The second kappa shape index (κ2) is 7.95. The molecule has 1 aliphatic heterocycles. The molecule has 2 aliphatic rings. The topological polar surface area (TPSA) is 84.0 Å². The van der Waals surface area contributed by atoms with Crippen molar-refractivity contribution in [1.82, 2.24) is 20.1 Å². The largest absolute Gasteiger partial charge is 0.420 e. The Balaban J connectivity index is 1.49. The van der Waals surface area contributed by atoms with E-state index in [4.69, 9.17) is 10.2 Å². The van der Waals surface area contributed by atoms with Crippen molar-refractivity contribution in [3.05, 3.63) is 41.1 Å². The Morgan fingerprint density at radius 3 is 2.71 bits per heavy atom. The Morgan fingerprint density at radius 1 is 1.23 bits per heavy atom. The number of nitrogens with two attached hydrogens (primary N) is 1. The van der Waals surface area contributed by atoms with Gasteiger partial charge >= 0.3 is 0 Å². The van der Waals surface area contributed by atoms with Gasteiger partial charge in [0.1, 0.15) is 0 Å². The van der Waals surface area contributed by atoms with Gasteiger partial charge in [-0.2, -0.15) is 0 Å². The Labute approximate surface area is 187 Å². The van der Waals surface area contributed by atoms with E-state index < -0.39 is 0 Å². The minimum Gasteiger partial charge on any atom is -0.420 e. The maximum Gasteiger partial charge on any atom is 0.257 e. The molecule has 4 heterocycles. The molecule has 0 saturated heterocycles. The van der Waals surface area contributed by atoms with Crippen molar-refractivity contribution >= 4 is 27.1 Å². The van der Waals surface area contributed by atoms with E-state index in [1.165, 1.54) is 27.1 Å². The zero-order valence-corrected chi connectivity index (χ0v) is 19.6. The van der Waals surface area contributed by atoms with E-state index in [1.807, 2.05) is 0 Å². The highest BCUT2D eigenvalue weighted by Gasteiger charge is 2.26. The average Bonchev–Trinajstić information content (AvgIpc) is 3.41. The van der Waals surface area contributed by atoms with Crippen LogP contribution in [0.1, 0.15) is 75.4 Å². The second-order valence-corrected chi connectivity index (χ2v) is 10.5. The molecule has 0 atom stereocenters. The average molecular weight is 438 g/mol. The molecule has 3 N–H and O–H groups in total. The zero-order chi connectivity index (χ0) is 21.7. The van der Waals surface area contributed by atoms with Crippen LogP contribution in [0.25, 0.3) is 26.6 Å². The van der Waals surface area contributed by atoms with Crippen LogP contribution in [0.5, 0.6) is 0 Å². The van der Waals surface area contributed by atoms with Gasteiger partial charge in [0.2, 0.25) is 5.89 Å². The summed E-state index contributed by atoms with van der Waals surface area (Å²) in [5, 5.41) is 8.76. The van der Waals surface area contributed by atoms with Gasteiger partial charge in [-0.3, -0.25) is 0 Å². The summed E-state index contributed by atoms with van der Waals surface area (Å²) in [7, 11) is 2.13. The number of aromatic amines is 1. The lowest BCUT2D eigenvalue weighted by Gasteiger charge is -2.23. The molecule has 3 aromatic heterocycles. The number of nitrogens with zero attached hydrogens (tertiary/aromatic N) is 3. The zero-order valence-electron chi connectivity index (χ0n) is 18.7. The molecule has 5 rings (SSSR count). The van der Waals surface area contributed by atoms with Crippen molar-refractivity contribution in [2.45, 2.75) is 64.3 Å². The van der Waals surface area contributed by atoms with Crippen LogP contribution in [0.4, 0.5) is 0 Å². The van der Waals surface area contributed by atoms with Crippen LogP contribution in [-0.2, 0) is 0 Å². The number of thiophene rings is 1. The van der Waals surface area contributed by atoms with Gasteiger partial charge in [-0.15, -0.1) is 21.5 Å². The van der Waals surface area contributed by atoms with Gasteiger partial charge in [-0.05, 0) is 50.2 Å². The van der Waals surface area contributed by atoms with E-state index in [0.29, 0.717) is 23.8 Å². The first-order chi connectivity index (χ1) is 14.9. The number of hydrogen-bond acceptors (Lipinski definition) is 6. The first kappa shape index (κ1) is 20.5. The summed E-state index contributed by atoms with van der Waals surface area (Å²) in [4.78, 5) is 6.96. The van der Waals surface area contributed by atoms with Crippen LogP contribution in [0.2, 0.25) is 0 Å². The number of allylic oxidation sites excluding steroid dienone is 2. The van der Waals surface area contributed by atoms with Gasteiger partial charge in [0, 0.05) is 37.3 Å².